The van der Waals surface area contributed by atoms with E-state index in [0.717, 1.165) is 19.3 Å². The molecule has 22 heavy (non-hydrogen) atoms. The number of aliphatic hydroxyl groups excluding tert-OH is 4. The van der Waals surface area contributed by atoms with Crippen LogP contribution in [0.15, 0.2) is 30.3 Å². The van der Waals surface area contributed by atoms with Crippen LogP contribution in [0.5, 0.6) is 0 Å². The average molecular weight is 310 g/mol. The van der Waals surface area contributed by atoms with Crippen molar-refractivity contribution < 1.29 is 20.4 Å². The van der Waals surface area contributed by atoms with Crippen molar-refractivity contribution in [3.63, 3.8) is 0 Å². The van der Waals surface area contributed by atoms with E-state index in [2.05, 4.69) is 12.1 Å². The molecule has 3 atom stereocenters. The second-order valence-corrected chi connectivity index (χ2v) is 6.05. The third-order valence-electron chi connectivity index (χ3n) is 4.32. The highest BCUT2D eigenvalue weighted by Gasteiger charge is 2.20. The molecule has 4 N–H and O–H groups in total. The zero-order valence-corrected chi connectivity index (χ0v) is 13.3. The quantitative estimate of drug-likeness (QED) is 0.475. The van der Waals surface area contributed by atoms with Gasteiger partial charge in [-0.3, -0.25) is 0 Å². The molecule has 0 heterocycles. The summed E-state index contributed by atoms with van der Waals surface area (Å²) in [7, 11) is 0. The molecule has 1 rings (SSSR count). The molecule has 0 fully saturated rings. The molecule has 0 bridgehead atoms. The molecule has 0 saturated heterocycles. The number of hydrogen-bond donors (Lipinski definition) is 4. The highest BCUT2D eigenvalue weighted by atomic mass is 16.3. The minimum absolute atomic E-state index is 0.0877. The normalized spacial score (nSPS) is 15.5. The summed E-state index contributed by atoms with van der Waals surface area (Å²) in [5.41, 5.74) is 1.19. The molecule has 1 aromatic rings. The number of aliphatic hydroxyl groups is 4. The smallest absolute Gasteiger partial charge is 0.0459 e. The minimum atomic E-state index is 0.0877. The molecular formula is C18H30O4. The van der Waals surface area contributed by atoms with E-state index in [1.165, 1.54) is 5.56 Å². The van der Waals surface area contributed by atoms with E-state index in [9.17, 15) is 15.3 Å². The third kappa shape index (κ3) is 6.88. The number of benzene rings is 1. The average Bonchev–Trinajstić information content (AvgIpc) is 2.57. The Morgan fingerprint density at radius 2 is 1.41 bits per heavy atom. The van der Waals surface area contributed by atoms with Crippen molar-refractivity contribution in [2.75, 3.05) is 26.4 Å². The molecule has 0 aliphatic heterocycles. The zero-order chi connectivity index (χ0) is 16.2. The van der Waals surface area contributed by atoms with Crippen molar-refractivity contribution in [3.05, 3.63) is 35.9 Å². The van der Waals surface area contributed by atoms with Gasteiger partial charge >= 0.3 is 0 Å². The fraction of sp³-hybridized carbons (Fsp3) is 0.667. The van der Waals surface area contributed by atoms with Crippen molar-refractivity contribution in [2.45, 2.75) is 38.0 Å². The van der Waals surface area contributed by atoms with Gasteiger partial charge in [0.25, 0.3) is 0 Å². The lowest BCUT2D eigenvalue weighted by molar-refractivity contribution is 0.137. The highest BCUT2D eigenvalue weighted by Crippen LogP contribution is 2.30. The second kappa shape index (κ2) is 11.6. The Hall–Kier alpha value is -0.940. The first-order chi connectivity index (χ1) is 10.7. The van der Waals surface area contributed by atoms with Crippen molar-refractivity contribution in [1.29, 1.82) is 0 Å². The summed E-state index contributed by atoms with van der Waals surface area (Å²) in [4.78, 5) is 0. The molecule has 0 aromatic heterocycles. The Balaban J connectivity index is 2.63. The summed E-state index contributed by atoms with van der Waals surface area (Å²) >= 11 is 0. The SMILES string of the molecule is OCCCC(CO)CC(CO)CC(CCO)c1ccccc1. The minimum Gasteiger partial charge on any atom is -0.396 e. The van der Waals surface area contributed by atoms with Crippen LogP contribution >= 0.6 is 0 Å². The zero-order valence-electron chi connectivity index (χ0n) is 13.3. The molecule has 0 radical (unpaired) electrons. The molecule has 1 aromatic carbocycles. The summed E-state index contributed by atoms with van der Waals surface area (Å²) < 4.78 is 0. The molecule has 4 heteroatoms. The molecule has 0 spiro atoms. The lowest BCUT2D eigenvalue weighted by atomic mass is 9.82. The van der Waals surface area contributed by atoms with E-state index in [0.29, 0.717) is 12.8 Å². The van der Waals surface area contributed by atoms with Gasteiger partial charge in [-0.15, -0.1) is 0 Å². The largest absolute Gasteiger partial charge is 0.396 e. The molecule has 0 amide bonds. The van der Waals surface area contributed by atoms with Gasteiger partial charge in [0, 0.05) is 26.4 Å². The first-order valence-electron chi connectivity index (χ1n) is 8.23. The van der Waals surface area contributed by atoms with E-state index < -0.39 is 0 Å². The van der Waals surface area contributed by atoms with Crippen LogP contribution in [0.4, 0.5) is 0 Å². The van der Waals surface area contributed by atoms with Crippen LogP contribution < -0.4 is 0 Å². The first-order valence-corrected chi connectivity index (χ1v) is 8.23. The molecule has 3 unspecified atom stereocenters. The van der Waals surface area contributed by atoms with Crippen molar-refractivity contribution in [1.82, 2.24) is 0 Å². The van der Waals surface area contributed by atoms with E-state index in [-0.39, 0.29) is 44.2 Å². The fourth-order valence-electron chi connectivity index (χ4n) is 3.08. The van der Waals surface area contributed by atoms with Gasteiger partial charge in [0.05, 0.1) is 0 Å². The Morgan fingerprint density at radius 3 is 1.95 bits per heavy atom. The molecule has 0 aliphatic rings. The fourth-order valence-corrected chi connectivity index (χ4v) is 3.08. The molecule has 0 aliphatic carbocycles. The lowest BCUT2D eigenvalue weighted by Crippen LogP contribution is -2.19. The van der Waals surface area contributed by atoms with Gasteiger partial charge in [-0.25, -0.2) is 0 Å². The number of rotatable bonds is 12. The molecule has 0 saturated carbocycles. The Labute approximate surface area is 133 Å². The van der Waals surface area contributed by atoms with Crippen molar-refractivity contribution in [2.24, 2.45) is 11.8 Å². The summed E-state index contributed by atoms with van der Waals surface area (Å²) in [6.07, 6.45) is 3.70. The Kier molecular flexibility index (Phi) is 10.1. The van der Waals surface area contributed by atoms with Crippen LogP contribution in [-0.2, 0) is 0 Å². The van der Waals surface area contributed by atoms with Crippen LogP contribution in [0.3, 0.4) is 0 Å². The van der Waals surface area contributed by atoms with Gasteiger partial charge < -0.3 is 20.4 Å². The van der Waals surface area contributed by atoms with E-state index in [1.54, 1.807) is 0 Å². The Morgan fingerprint density at radius 1 is 0.727 bits per heavy atom. The molecule has 126 valence electrons. The maximum atomic E-state index is 9.67. The monoisotopic (exact) mass is 310 g/mol. The van der Waals surface area contributed by atoms with Gasteiger partial charge in [0.1, 0.15) is 0 Å². The van der Waals surface area contributed by atoms with Crippen LogP contribution in [0, 0.1) is 11.8 Å². The highest BCUT2D eigenvalue weighted by molar-refractivity contribution is 5.19. The van der Waals surface area contributed by atoms with E-state index in [1.807, 2.05) is 18.2 Å². The first kappa shape index (κ1) is 19.1. The summed E-state index contributed by atoms with van der Waals surface area (Å²) in [5.74, 6) is 0.447. The van der Waals surface area contributed by atoms with Crippen molar-refractivity contribution >= 4 is 0 Å². The lowest BCUT2D eigenvalue weighted by Gasteiger charge is -2.25. The van der Waals surface area contributed by atoms with Crippen LogP contribution in [0.1, 0.15) is 43.6 Å². The molecule has 4 nitrogen and oxygen atoms in total. The van der Waals surface area contributed by atoms with Crippen molar-refractivity contribution in [3.8, 4) is 0 Å². The third-order valence-corrected chi connectivity index (χ3v) is 4.32. The Bertz CT molecular complexity index is 369. The van der Waals surface area contributed by atoms with E-state index in [4.69, 9.17) is 5.11 Å². The topological polar surface area (TPSA) is 80.9 Å². The van der Waals surface area contributed by atoms with Gasteiger partial charge in [-0.05, 0) is 55.4 Å². The predicted octanol–water partition coefficient (Wildman–Crippen LogP) is 1.92. The van der Waals surface area contributed by atoms with Crippen LogP contribution in [-0.4, -0.2) is 46.9 Å². The van der Waals surface area contributed by atoms with Gasteiger partial charge in [0.15, 0.2) is 0 Å². The summed E-state index contributed by atoms with van der Waals surface area (Å²) in [6.45, 7) is 0.444. The summed E-state index contributed by atoms with van der Waals surface area (Å²) in [5, 5.41) is 37.3. The molecular weight excluding hydrogens is 280 g/mol. The van der Waals surface area contributed by atoms with Crippen LogP contribution in [0.2, 0.25) is 0 Å². The maximum absolute atomic E-state index is 9.67. The predicted molar refractivity (Wildman–Crippen MR) is 87.6 cm³/mol. The summed E-state index contributed by atoms with van der Waals surface area (Å²) in [6, 6.07) is 10.1. The second-order valence-electron chi connectivity index (χ2n) is 6.05. The maximum Gasteiger partial charge on any atom is 0.0459 e. The standard InChI is InChI=1S/C18H30O4/c19-9-4-5-15(13-21)11-16(14-22)12-18(8-10-20)17-6-2-1-3-7-17/h1-3,6-7,15-16,18-22H,4-5,8-14H2. The number of hydrogen-bond acceptors (Lipinski definition) is 4. The van der Waals surface area contributed by atoms with Gasteiger partial charge in [0.2, 0.25) is 0 Å². The van der Waals surface area contributed by atoms with Gasteiger partial charge in [-0.2, -0.15) is 0 Å². The van der Waals surface area contributed by atoms with E-state index >= 15 is 0 Å². The van der Waals surface area contributed by atoms with Crippen LogP contribution in [0.25, 0.3) is 0 Å². The van der Waals surface area contributed by atoms with Gasteiger partial charge in [-0.1, -0.05) is 30.3 Å².